The molecular formula is C21H22N2O4S. The van der Waals surface area contributed by atoms with Crippen LogP contribution in [0.5, 0.6) is 0 Å². The third kappa shape index (κ3) is 4.48. The van der Waals surface area contributed by atoms with Gasteiger partial charge in [0.15, 0.2) is 5.69 Å². The van der Waals surface area contributed by atoms with Gasteiger partial charge in [0.1, 0.15) is 16.3 Å². The molecule has 2 aromatic heterocycles. The number of rotatable bonds is 7. The summed E-state index contributed by atoms with van der Waals surface area (Å²) in [5, 5.41) is 8.89. The molecule has 1 N–H and O–H groups in total. The summed E-state index contributed by atoms with van der Waals surface area (Å²) in [7, 11) is 0. The molecule has 0 bridgehead atoms. The van der Waals surface area contributed by atoms with E-state index in [1.807, 2.05) is 35.7 Å². The van der Waals surface area contributed by atoms with Crippen molar-refractivity contribution in [3.8, 4) is 11.1 Å². The molecule has 0 aliphatic rings. The van der Waals surface area contributed by atoms with Gasteiger partial charge in [-0.15, -0.1) is 11.3 Å². The summed E-state index contributed by atoms with van der Waals surface area (Å²) in [6, 6.07) is 11.1. The number of hydrogen-bond acceptors (Lipinski definition) is 6. The number of thiophene rings is 1. The first-order valence-corrected chi connectivity index (χ1v) is 9.98. The molecule has 28 heavy (non-hydrogen) atoms. The molecule has 0 saturated heterocycles. The monoisotopic (exact) mass is 398 g/mol. The minimum Gasteiger partial charge on any atom is -0.462 e. The van der Waals surface area contributed by atoms with Crippen molar-refractivity contribution >= 4 is 28.2 Å². The number of benzene rings is 1. The molecule has 0 atom stereocenters. The summed E-state index contributed by atoms with van der Waals surface area (Å²) in [5.41, 5.74) is 2.13. The Morgan fingerprint density at radius 3 is 2.68 bits per heavy atom. The lowest BCUT2D eigenvalue weighted by Crippen LogP contribution is -2.15. The molecule has 0 spiro atoms. The predicted octanol–water partition coefficient (Wildman–Crippen LogP) is 5.03. The zero-order valence-electron chi connectivity index (χ0n) is 16.0. The number of carbonyl (C=O) groups excluding carboxylic acids is 2. The number of aromatic nitrogens is 1. The molecule has 0 aliphatic heterocycles. The normalized spacial score (nSPS) is 10.9. The van der Waals surface area contributed by atoms with Gasteiger partial charge in [0.2, 0.25) is 0 Å². The topological polar surface area (TPSA) is 81.4 Å². The maximum atomic E-state index is 12.6. The van der Waals surface area contributed by atoms with Crippen LogP contribution in [0.25, 0.3) is 11.1 Å². The zero-order valence-corrected chi connectivity index (χ0v) is 16.8. The van der Waals surface area contributed by atoms with Crippen molar-refractivity contribution < 1.29 is 18.8 Å². The number of hydrogen-bond donors (Lipinski definition) is 1. The molecule has 3 rings (SSSR count). The van der Waals surface area contributed by atoms with Gasteiger partial charge in [0, 0.05) is 23.4 Å². The molecule has 146 valence electrons. The van der Waals surface area contributed by atoms with Gasteiger partial charge in [-0.3, -0.25) is 4.79 Å². The number of anilines is 1. The zero-order chi connectivity index (χ0) is 20.1. The van der Waals surface area contributed by atoms with Crippen LogP contribution in [0.3, 0.4) is 0 Å². The summed E-state index contributed by atoms with van der Waals surface area (Å²) in [6.45, 7) is 6.11. The Morgan fingerprint density at radius 1 is 1.25 bits per heavy atom. The van der Waals surface area contributed by atoms with Gasteiger partial charge >= 0.3 is 5.97 Å². The third-order valence-electron chi connectivity index (χ3n) is 3.98. The van der Waals surface area contributed by atoms with Gasteiger partial charge < -0.3 is 14.6 Å². The van der Waals surface area contributed by atoms with E-state index in [1.54, 1.807) is 13.0 Å². The first-order chi connectivity index (χ1) is 13.5. The fraction of sp³-hybridized carbons (Fsp3) is 0.286. The van der Waals surface area contributed by atoms with E-state index in [0.29, 0.717) is 28.7 Å². The average molecular weight is 398 g/mol. The Morgan fingerprint density at radius 2 is 2.00 bits per heavy atom. The van der Waals surface area contributed by atoms with Crippen LogP contribution in [0, 0.1) is 5.92 Å². The molecular weight excluding hydrogens is 376 g/mol. The summed E-state index contributed by atoms with van der Waals surface area (Å²) in [5.74, 6) is 0.149. The second-order valence-electron chi connectivity index (χ2n) is 6.67. The third-order valence-corrected chi connectivity index (χ3v) is 4.88. The molecule has 6 nitrogen and oxygen atoms in total. The number of carbonyl (C=O) groups is 2. The van der Waals surface area contributed by atoms with Crippen molar-refractivity contribution in [3.05, 3.63) is 58.8 Å². The van der Waals surface area contributed by atoms with Gasteiger partial charge in [-0.1, -0.05) is 49.3 Å². The first-order valence-electron chi connectivity index (χ1n) is 9.10. The van der Waals surface area contributed by atoms with E-state index in [1.165, 1.54) is 11.3 Å². The molecule has 0 unspecified atom stereocenters. The average Bonchev–Trinajstić information content (AvgIpc) is 3.29. The summed E-state index contributed by atoms with van der Waals surface area (Å²) in [4.78, 5) is 25.2. The molecule has 0 radical (unpaired) electrons. The predicted molar refractivity (Wildman–Crippen MR) is 109 cm³/mol. The Hall–Kier alpha value is -2.93. The van der Waals surface area contributed by atoms with Crippen molar-refractivity contribution in [2.45, 2.75) is 27.2 Å². The second kappa shape index (κ2) is 8.84. The van der Waals surface area contributed by atoms with Crippen LogP contribution < -0.4 is 5.32 Å². The Balaban J connectivity index is 1.89. The Kier molecular flexibility index (Phi) is 6.26. The van der Waals surface area contributed by atoms with Crippen molar-refractivity contribution in [2.75, 3.05) is 11.9 Å². The van der Waals surface area contributed by atoms with Crippen LogP contribution in [0.15, 0.2) is 46.3 Å². The number of ether oxygens (including phenoxy) is 1. The van der Waals surface area contributed by atoms with E-state index in [9.17, 15) is 9.59 Å². The summed E-state index contributed by atoms with van der Waals surface area (Å²) >= 11 is 1.27. The minimum absolute atomic E-state index is 0.181. The minimum atomic E-state index is -0.474. The fourth-order valence-corrected chi connectivity index (χ4v) is 3.72. The molecule has 2 heterocycles. The number of nitrogens with one attached hydrogen (secondary N) is 1. The highest BCUT2D eigenvalue weighted by Gasteiger charge is 2.24. The Bertz CT molecular complexity index is 960. The molecule has 1 aromatic carbocycles. The van der Waals surface area contributed by atoms with Crippen molar-refractivity contribution in [1.29, 1.82) is 0 Å². The number of amides is 1. The van der Waals surface area contributed by atoms with E-state index in [0.717, 1.165) is 11.1 Å². The van der Waals surface area contributed by atoms with Crippen molar-refractivity contribution in [2.24, 2.45) is 5.92 Å². The first kappa shape index (κ1) is 19.8. The van der Waals surface area contributed by atoms with E-state index < -0.39 is 11.9 Å². The molecule has 0 fully saturated rings. The lowest BCUT2D eigenvalue weighted by molar-refractivity contribution is 0.0529. The smallest absolute Gasteiger partial charge is 0.341 e. The summed E-state index contributed by atoms with van der Waals surface area (Å²) in [6.07, 6.45) is 0.700. The SMILES string of the molecule is CCOC(=O)c1c(-c2ccccc2)csc1NC(=O)c1cc(CC(C)C)on1. The fourth-order valence-electron chi connectivity index (χ4n) is 2.77. The molecule has 0 aliphatic carbocycles. The maximum Gasteiger partial charge on any atom is 0.341 e. The highest BCUT2D eigenvalue weighted by molar-refractivity contribution is 7.15. The van der Waals surface area contributed by atoms with Crippen LogP contribution in [0.2, 0.25) is 0 Å². The number of nitrogens with zero attached hydrogens (tertiary/aromatic N) is 1. The van der Waals surface area contributed by atoms with Crippen LogP contribution in [-0.4, -0.2) is 23.6 Å². The summed E-state index contributed by atoms with van der Waals surface area (Å²) < 4.78 is 10.4. The van der Waals surface area contributed by atoms with Gasteiger partial charge in [0.05, 0.1) is 6.61 Å². The van der Waals surface area contributed by atoms with Gasteiger partial charge in [-0.2, -0.15) is 0 Å². The highest BCUT2D eigenvalue weighted by Crippen LogP contribution is 2.36. The van der Waals surface area contributed by atoms with E-state index in [2.05, 4.69) is 24.3 Å². The Labute approximate surface area is 167 Å². The van der Waals surface area contributed by atoms with E-state index >= 15 is 0 Å². The van der Waals surface area contributed by atoms with Crippen LogP contribution >= 0.6 is 11.3 Å². The number of esters is 1. The largest absolute Gasteiger partial charge is 0.462 e. The quantitative estimate of drug-likeness (QED) is 0.565. The maximum absolute atomic E-state index is 12.6. The lowest BCUT2D eigenvalue weighted by atomic mass is 10.0. The standard InChI is InChI=1S/C21H22N2O4S/c1-4-26-21(25)18-16(14-8-6-5-7-9-14)12-28-20(18)22-19(24)17-11-15(27-23-17)10-13(2)3/h5-9,11-13H,4,10H2,1-3H3,(H,22,24). The van der Waals surface area contributed by atoms with Crippen LogP contribution in [0.1, 0.15) is 47.4 Å². The second-order valence-corrected chi connectivity index (χ2v) is 7.55. The van der Waals surface area contributed by atoms with Gasteiger partial charge in [-0.05, 0) is 18.4 Å². The molecule has 3 aromatic rings. The lowest BCUT2D eigenvalue weighted by Gasteiger charge is -2.08. The van der Waals surface area contributed by atoms with Crippen molar-refractivity contribution in [3.63, 3.8) is 0 Å². The van der Waals surface area contributed by atoms with Crippen LogP contribution in [-0.2, 0) is 11.2 Å². The van der Waals surface area contributed by atoms with Gasteiger partial charge in [-0.25, -0.2) is 4.79 Å². The van der Waals surface area contributed by atoms with Crippen LogP contribution in [0.4, 0.5) is 5.00 Å². The van der Waals surface area contributed by atoms with Gasteiger partial charge in [0.25, 0.3) is 5.91 Å². The van der Waals surface area contributed by atoms with Crippen molar-refractivity contribution in [1.82, 2.24) is 5.16 Å². The molecule has 1 amide bonds. The van der Waals surface area contributed by atoms with E-state index in [-0.39, 0.29) is 12.3 Å². The molecule has 0 saturated carbocycles. The van der Waals surface area contributed by atoms with E-state index in [4.69, 9.17) is 9.26 Å². The molecule has 7 heteroatoms. The highest BCUT2D eigenvalue weighted by atomic mass is 32.1.